The number of ether oxygens (including phenoxy) is 1. The van der Waals surface area contributed by atoms with Crippen molar-refractivity contribution in [1.29, 1.82) is 5.26 Å². The van der Waals surface area contributed by atoms with Gasteiger partial charge in [-0.05, 0) is 42.7 Å². The fourth-order valence-corrected chi connectivity index (χ4v) is 3.78. The summed E-state index contributed by atoms with van der Waals surface area (Å²) >= 11 is 6.34. The van der Waals surface area contributed by atoms with Gasteiger partial charge in [-0.2, -0.15) is 10.4 Å². The lowest BCUT2D eigenvalue weighted by atomic mass is 9.92. The van der Waals surface area contributed by atoms with E-state index in [1.807, 2.05) is 0 Å². The van der Waals surface area contributed by atoms with Gasteiger partial charge in [0.05, 0.1) is 27.9 Å². The first-order valence-corrected chi connectivity index (χ1v) is 10.4. The minimum Gasteiger partial charge on any atom is -0.487 e. The van der Waals surface area contributed by atoms with E-state index < -0.39 is 0 Å². The average Bonchev–Trinajstić information content (AvgIpc) is 3.63. The maximum Gasteiger partial charge on any atom is 0.272 e. The minimum absolute atomic E-state index is 0.0714. The third-order valence-corrected chi connectivity index (χ3v) is 5.60. The van der Waals surface area contributed by atoms with Gasteiger partial charge >= 0.3 is 0 Å². The van der Waals surface area contributed by atoms with Crippen LogP contribution in [0.25, 0.3) is 16.3 Å². The van der Waals surface area contributed by atoms with E-state index in [0.29, 0.717) is 55.2 Å². The van der Waals surface area contributed by atoms with Gasteiger partial charge in [0, 0.05) is 36.3 Å². The Morgan fingerprint density at radius 1 is 1.38 bits per heavy atom. The second-order valence-electron chi connectivity index (χ2n) is 7.34. The summed E-state index contributed by atoms with van der Waals surface area (Å²) in [7, 11) is 1.62. The Bertz CT molecular complexity index is 1370. The summed E-state index contributed by atoms with van der Waals surface area (Å²) in [5.41, 5.74) is 14.7. The number of hydrogen-bond donors (Lipinski definition) is 3. The summed E-state index contributed by atoms with van der Waals surface area (Å²) in [6, 6.07) is 10.9. The molecule has 0 aliphatic heterocycles. The second-order valence-corrected chi connectivity index (χ2v) is 7.75. The van der Waals surface area contributed by atoms with Gasteiger partial charge in [0.15, 0.2) is 5.75 Å². The summed E-state index contributed by atoms with van der Waals surface area (Å²) in [5.74, 6) is 0.353. The van der Waals surface area contributed by atoms with Crippen LogP contribution in [0.1, 0.15) is 35.2 Å². The number of halogens is 1. The fraction of sp³-hybridized carbons (Fsp3) is 0.217. The van der Waals surface area contributed by atoms with Crippen molar-refractivity contribution >= 4 is 33.7 Å². The molecule has 1 fully saturated rings. The summed E-state index contributed by atoms with van der Waals surface area (Å²) in [6.07, 6.45) is 3.36. The van der Waals surface area contributed by atoms with Crippen molar-refractivity contribution < 1.29 is 4.74 Å². The predicted octanol–water partition coefficient (Wildman–Crippen LogP) is 2.87. The maximum absolute atomic E-state index is 12.2. The standard InChI is InChI=1S/C23H21ClN6O2/c1-28-21(14-6-7-19(24)22(18(14)10-26)32-13-3-4-13)17(9-25)12-2-5-15-16(8-12)20(11-27)29-30-23(15)31/h2,5-9,13H,3-4,11,25,27H2,1H3,(H,30,31)/b17-9-,28-21?. The van der Waals surface area contributed by atoms with Gasteiger partial charge < -0.3 is 16.2 Å². The number of nitrogens with two attached hydrogens (primary N) is 2. The van der Waals surface area contributed by atoms with E-state index >= 15 is 0 Å². The van der Waals surface area contributed by atoms with Crippen LogP contribution >= 0.6 is 11.6 Å². The highest BCUT2D eigenvalue weighted by molar-refractivity contribution is 6.35. The van der Waals surface area contributed by atoms with E-state index in [2.05, 4.69) is 21.3 Å². The van der Waals surface area contributed by atoms with Crippen LogP contribution in [0.15, 0.2) is 46.3 Å². The van der Waals surface area contributed by atoms with Crippen molar-refractivity contribution in [2.24, 2.45) is 16.5 Å². The van der Waals surface area contributed by atoms with Crippen molar-refractivity contribution in [2.75, 3.05) is 7.05 Å². The molecule has 1 aromatic heterocycles. The molecule has 1 aliphatic carbocycles. The topological polar surface area (TPSA) is 143 Å². The molecule has 9 heteroatoms. The highest BCUT2D eigenvalue weighted by Crippen LogP contribution is 2.37. The van der Waals surface area contributed by atoms with E-state index in [0.717, 1.165) is 12.8 Å². The Morgan fingerprint density at radius 2 is 2.16 bits per heavy atom. The normalized spacial score (nSPS) is 14.4. The minimum atomic E-state index is -0.308. The lowest BCUT2D eigenvalue weighted by Crippen LogP contribution is -2.14. The molecule has 0 spiro atoms. The van der Waals surface area contributed by atoms with Gasteiger partial charge in [0.2, 0.25) is 0 Å². The first-order valence-electron chi connectivity index (χ1n) is 10.0. The number of aromatic amines is 1. The van der Waals surface area contributed by atoms with Gasteiger partial charge in [0.1, 0.15) is 11.6 Å². The van der Waals surface area contributed by atoms with Crippen LogP contribution in [-0.2, 0) is 6.54 Å². The third kappa shape index (κ3) is 3.84. The number of hydrogen-bond acceptors (Lipinski definition) is 7. The molecule has 0 atom stereocenters. The fourth-order valence-electron chi connectivity index (χ4n) is 3.57. The number of aliphatic imine (C=N–C) groups is 1. The van der Waals surface area contributed by atoms with Crippen LogP contribution in [-0.4, -0.2) is 29.1 Å². The molecule has 162 valence electrons. The van der Waals surface area contributed by atoms with Crippen molar-refractivity contribution in [2.45, 2.75) is 25.5 Å². The Hall–Kier alpha value is -3.67. The van der Waals surface area contributed by atoms with Crippen molar-refractivity contribution in [3.05, 3.63) is 74.3 Å². The monoisotopic (exact) mass is 448 g/mol. The molecule has 0 unspecified atom stereocenters. The van der Waals surface area contributed by atoms with Crippen LogP contribution in [0.2, 0.25) is 5.02 Å². The lowest BCUT2D eigenvalue weighted by Gasteiger charge is -2.16. The molecule has 4 rings (SSSR count). The Kier molecular flexibility index (Phi) is 5.95. The molecular weight excluding hydrogens is 428 g/mol. The van der Waals surface area contributed by atoms with Gasteiger partial charge in [-0.15, -0.1) is 0 Å². The molecule has 1 aliphatic rings. The molecule has 1 saturated carbocycles. The zero-order chi connectivity index (χ0) is 22.8. The first-order chi connectivity index (χ1) is 15.5. The number of H-pyrrole nitrogens is 1. The summed E-state index contributed by atoms with van der Waals surface area (Å²) in [5, 5.41) is 17.9. The largest absolute Gasteiger partial charge is 0.487 e. The Labute approximate surface area is 189 Å². The van der Waals surface area contributed by atoms with Gasteiger partial charge in [-0.1, -0.05) is 17.7 Å². The molecule has 0 bridgehead atoms. The number of benzene rings is 2. The van der Waals surface area contributed by atoms with Crippen molar-refractivity contribution in [3.63, 3.8) is 0 Å². The first kappa shape index (κ1) is 21.6. The number of nitriles is 1. The highest BCUT2D eigenvalue weighted by Gasteiger charge is 2.28. The average molecular weight is 449 g/mol. The van der Waals surface area contributed by atoms with E-state index in [1.165, 1.54) is 6.20 Å². The summed E-state index contributed by atoms with van der Waals surface area (Å²) < 4.78 is 5.91. The molecule has 0 saturated heterocycles. The molecule has 32 heavy (non-hydrogen) atoms. The van der Waals surface area contributed by atoms with Gasteiger partial charge in [-0.25, -0.2) is 5.10 Å². The molecule has 0 radical (unpaired) electrons. The SMILES string of the molecule is CN=C(/C(=C\N)c1ccc2c(=O)[nH]nc(CN)c2c1)c1ccc(Cl)c(OC2CC2)c1C#N. The van der Waals surface area contributed by atoms with Crippen LogP contribution in [0, 0.1) is 11.3 Å². The highest BCUT2D eigenvalue weighted by atomic mass is 35.5. The molecule has 2 aromatic carbocycles. The summed E-state index contributed by atoms with van der Waals surface area (Å²) in [6.45, 7) is 0.158. The quantitative estimate of drug-likeness (QED) is 0.494. The molecule has 3 aromatic rings. The van der Waals surface area contributed by atoms with E-state index in [1.54, 1.807) is 37.4 Å². The smallest absolute Gasteiger partial charge is 0.272 e. The number of aromatic nitrogens is 2. The van der Waals surface area contributed by atoms with E-state index in [-0.39, 0.29) is 18.2 Å². The maximum atomic E-state index is 12.2. The van der Waals surface area contributed by atoms with Gasteiger partial charge in [-0.3, -0.25) is 9.79 Å². The van der Waals surface area contributed by atoms with Crippen LogP contribution in [0.5, 0.6) is 5.75 Å². The van der Waals surface area contributed by atoms with Gasteiger partial charge in [0.25, 0.3) is 5.56 Å². The lowest BCUT2D eigenvalue weighted by molar-refractivity contribution is 0.302. The number of nitrogens with one attached hydrogen (secondary N) is 1. The number of rotatable bonds is 6. The zero-order valence-electron chi connectivity index (χ0n) is 17.4. The molecular formula is C23H21ClN6O2. The number of allylic oxidation sites excluding steroid dienone is 1. The molecule has 8 nitrogen and oxygen atoms in total. The van der Waals surface area contributed by atoms with Crippen molar-refractivity contribution in [3.8, 4) is 11.8 Å². The third-order valence-electron chi connectivity index (χ3n) is 5.30. The Morgan fingerprint density at radius 3 is 2.78 bits per heavy atom. The van der Waals surface area contributed by atoms with E-state index in [9.17, 15) is 10.1 Å². The van der Waals surface area contributed by atoms with E-state index in [4.69, 9.17) is 27.8 Å². The van der Waals surface area contributed by atoms with Crippen molar-refractivity contribution in [1.82, 2.24) is 10.2 Å². The molecule has 0 amide bonds. The van der Waals surface area contributed by atoms with Crippen LogP contribution < -0.4 is 21.8 Å². The second kappa shape index (κ2) is 8.83. The summed E-state index contributed by atoms with van der Waals surface area (Å²) in [4.78, 5) is 16.6. The van der Waals surface area contributed by atoms with Crippen LogP contribution in [0.3, 0.4) is 0 Å². The zero-order valence-corrected chi connectivity index (χ0v) is 18.1. The number of fused-ring (bicyclic) bond motifs is 1. The molecule has 1 heterocycles. The molecule has 5 N–H and O–H groups in total. The predicted molar refractivity (Wildman–Crippen MR) is 125 cm³/mol. The Balaban J connectivity index is 1.86. The van der Waals surface area contributed by atoms with Crippen LogP contribution in [0.4, 0.5) is 0 Å². The number of nitrogens with zero attached hydrogens (tertiary/aromatic N) is 3.